The molecule has 1 atom stereocenters. The van der Waals surface area contributed by atoms with Crippen LogP contribution in [0.15, 0.2) is 30.3 Å². The van der Waals surface area contributed by atoms with Gasteiger partial charge in [-0.25, -0.2) is 9.78 Å². The molecule has 4 nitrogen and oxygen atoms in total. The normalized spacial score (nSPS) is 11.9. The van der Waals surface area contributed by atoms with Gasteiger partial charge in [-0.1, -0.05) is 30.3 Å². The van der Waals surface area contributed by atoms with Crippen molar-refractivity contribution in [1.29, 1.82) is 0 Å². The Kier molecular flexibility index (Phi) is 4.29. The Hall–Kier alpha value is -2.01. The second-order valence-corrected chi connectivity index (χ2v) is 5.63. The molecule has 0 aliphatic rings. The van der Waals surface area contributed by atoms with E-state index < -0.39 is 12.1 Å². The van der Waals surface area contributed by atoms with Gasteiger partial charge in [-0.3, -0.25) is 4.79 Å². The van der Waals surface area contributed by atoms with Crippen LogP contribution in [-0.2, 0) is 4.74 Å². The van der Waals surface area contributed by atoms with Crippen LogP contribution in [0.2, 0.25) is 0 Å². The summed E-state index contributed by atoms with van der Waals surface area (Å²) < 4.78 is 5.23. The summed E-state index contributed by atoms with van der Waals surface area (Å²) in [5.74, 6) is -0.706. The SMILES string of the molecule is Cc1nc(C)c(C(=O)OC(C)C(=O)c2ccccc2)s1. The molecule has 0 fully saturated rings. The van der Waals surface area contributed by atoms with Crippen LogP contribution < -0.4 is 0 Å². The van der Waals surface area contributed by atoms with Crippen LogP contribution in [0.3, 0.4) is 0 Å². The molecule has 0 saturated heterocycles. The lowest BCUT2D eigenvalue weighted by Crippen LogP contribution is -2.24. The maximum atomic E-state index is 12.1. The molecular weight excluding hydrogens is 274 g/mol. The molecule has 0 radical (unpaired) electrons. The Morgan fingerprint density at radius 2 is 1.85 bits per heavy atom. The molecule has 1 aromatic carbocycles. The maximum absolute atomic E-state index is 12.1. The average molecular weight is 289 g/mol. The van der Waals surface area contributed by atoms with E-state index in [4.69, 9.17) is 4.74 Å². The van der Waals surface area contributed by atoms with Crippen LogP contribution in [0, 0.1) is 13.8 Å². The van der Waals surface area contributed by atoms with Crippen LogP contribution in [0.5, 0.6) is 0 Å². The summed E-state index contributed by atoms with van der Waals surface area (Å²) in [6.45, 7) is 5.16. The van der Waals surface area contributed by atoms with Gasteiger partial charge < -0.3 is 4.74 Å². The molecule has 0 aliphatic heterocycles. The number of esters is 1. The summed E-state index contributed by atoms with van der Waals surface area (Å²) >= 11 is 1.28. The molecule has 104 valence electrons. The molecule has 1 heterocycles. The van der Waals surface area contributed by atoms with Gasteiger partial charge in [-0.2, -0.15) is 0 Å². The number of benzene rings is 1. The maximum Gasteiger partial charge on any atom is 0.350 e. The van der Waals surface area contributed by atoms with Gasteiger partial charge in [-0.05, 0) is 20.8 Å². The zero-order valence-corrected chi connectivity index (χ0v) is 12.4. The van der Waals surface area contributed by atoms with Gasteiger partial charge in [0.2, 0.25) is 5.78 Å². The third-order valence-corrected chi connectivity index (χ3v) is 3.85. The summed E-state index contributed by atoms with van der Waals surface area (Å²) in [6.07, 6.45) is -0.813. The van der Waals surface area contributed by atoms with Crippen LogP contribution in [-0.4, -0.2) is 22.8 Å². The zero-order valence-electron chi connectivity index (χ0n) is 11.5. The van der Waals surface area contributed by atoms with Crippen molar-refractivity contribution >= 4 is 23.1 Å². The summed E-state index contributed by atoms with van der Waals surface area (Å²) in [5.41, 5.74) is 1.17. The topological polar surface area (TPSA) is 56.3 Å². The van der Waals surface area contributed by atoms with Gasteiger partial charge >= 0.3 is 5.97 Å². The molecule has 5 heteroatoms. The number of Topliss-reactive ketones (excluding diaryl/α,β-unsaturated/α-hetero) is 1. The van der Waals surface area contributed by atoms with Gasteiger partial charge in [-0.15, -0.1) is 11.3 Å². The second kappa shape index (κ2) is 5.96. The molecule has 1 aromatic heterocycles. The first kappa shape index (κ1) is 14.4. The fourth-order valence-electron chi connectivity index (χ4n) is 1.83. The first-order chi connectivity index (χ1) is 9.49. The van der Waals surface area contributed by atoms with Crippen molar-refractivity contribution in [2.75, 3.05) is 0 Å². The van der Waals surface area contributed by atoms with E-state index in [0.29, 0.717) is 16.1 Å². The van der Waals surface area contributed by atoms with Crippen LogP contribution in [0.25, 0.3) is 0 Å². The van der Waals surface area contributed by atoms with E-state index in [1.807, 2.05) is 13.0 Å². The van der Waals surface area contributed by atoms with Gasteiger partial charge in [0.1, 0.15) is 4.88 Å². The molecule has 2 rings (SSSR count). The second-order valence-electron chi connectivity index (χ2n) is 4.43. The van der Waals surface area contributed by atoms with Crippen LogP contribution >= 0.6 is 11.3 Å². The predicted octanol–water partition coefficient (Wildman–Crippen LogP) is 3.19. The number of rotatable bonds is 4. The van der Waals surface area contributed by atoms with E-state index in [-0.39, 0.29) is 5.78 Å². The van der Waals surface area contributed by atoms with E-state index in [2.05, 4.69) is 4.98 Å². The van der Waals surface area contributed by atoms with Gasteiger partial charge in [0.05, 0.1) is 10.7 Å². The third-order valence-electron chi connectivity index (χ3n) is 2.80. The quantitative estimate of drug-likeness (QED) is 0.640. The van der Waals surface area contributed by atoms with Crippen LogP contribution in [0.4, 0.5) is 0 Å². The monoisotopic (exact) mass is 289 g/mol. The minimum Gasteiger partial charge on any atom is -0.450 e. The van der Waals surface area contributed by atoms with Gasteiger partial charge in [0, 0.05) is 5.56 Å². The Balaban J connectivity index is 2.08. The standard InChI is InChI=1S/C15H15NO3S/c1-9-14(20-11(3)16-9)15(18)19-10(2)13(17)12-7-5-4-6-8-12/h4-8,10H,1-3H3. The van der Waals surface area contributed by atoms with Crippen molar-refractivity contribution < 1.29 is 14.3 Å². The number of aryl methyl sites for hydroxylation is 2. The largest absolute Gasteiger partial charge is 0.450 e. The first-order valence-electron chi connectivity index (χ1n) is 6.23. The number of aromatic nitrogens is 1. The number of ketones is 1. The molecular formula is C15H15NO3S. The lowest BCUT2D eigenvalue weighted by Gasteiger charge is -2.11. The smallest absolute Gasteiger partial charge is 0.350 e. The van der Waals surface area contributed by atoms with Crippen molar-refractivity contribution in [3.8, 4) is 0 Å². The summed E-state index contributed by atoms with van der Waals surface area (Å²) in [7, 11) is 0. The van der Waals surface area contributed by atoms with Crippen molar-refractivity contribution in [1.82, 2.24) is 4.98 Å². The molecule has 2 aromatic rings. The zero-order chi connectivity index (χ0) is 14.7. The van der Waals surface area contributed by atoms with Crippen molar-refractivity contribution in [3.05, 3.63) is 51.5 Å². The van der Waals surface area contributed by atoms with E-state index in [9.17, 15) is 9.59 Å². The van der Waals surface area contributed by atoms with E-state index >= 15 is 0 Å². The van der Waals surface area contributed by atoms with E-state index in [1.54, 1.807) is 38.1 Å². The number of thiazole rings is 1. The molecule has 0 saturated carbocycles. The fraction of sp³-hybridized carbons (Fsp3) is 0.267. The lowest BCUT2D eigenvalue weighted by molar-refractivity contribution is 0.0322. The average Bonchev–Trinajstić information content (AvgIpc) is 2.78. The van der Waals surface area contributed by atoms with Crippen molar-refractivity contribution in [3.63, 3.8) is 0 Å². The highest BCUT2D eigenvalue weighted by atomic mass is 32.1. The highest BCUT2D eigenvalue weighted by molar-refractivity contribution is 7.13. The molecule has 0 aliphatic carbocycles. The summed E-state index contributed by atoms with van der Waals surface area (Å²) in [4.78, 5) is 28.8. The Morgan fingerprint density at radius 3 is 2.40 bits per heavy atom. The van der Waals surface area contributed by atoms with Crippen LogP contribution in [0.1, 0.15) is 37.7 Å². The molecule has 0 bridgehead atoms. The van der Waals surface area contributed by atoms with Gasteiger partial charge in [0.25, 0.3) is 0 Å². The Bertz CT molecular complexity index is 634. The number of carbonyl (C=O) groups excluding carboxylic acids is 2. The molecule has 0 amide bonds. The summed E-state index contributed by atoms with van der Waals surface area (Å²) in [6, 6.07) is 8.79. The fourth-order valence-corrected chi connectivity index (χ4v) is 2.63. The van der Waals surface area contributed by atoms with E-state index in [0.717, 1.165) is 5.01 Å². The highest BCUT2D eigenvalue weighted by Crippen LogP contribution is 2.19. The third kappa shape index (κ3) is 3.11. The van der Waals surface area contributed by atoms with Gasteiger partial charge in [0.15, 0.2) is 6.10 Å². The Morgan fingerprint density at radius 1 is 1.20 bits per heavy atom. The number of carbonyl (C=O) groups is 2. The number of hydrogen-bond donors (Lipinski definition) is 0. The molecule has 0 spiro atoms. The Labute approximate surface area is 121 Å². The minimum atomic E-state index is -0.813. The predicted molar refractivity (Wildman–Crippen MR) is 77.2 cm³/mol. The van der Waals surface area contributed by atoms with E-state index in [1.165, 1.54) is 11.3 Å². The highest BCUT2D eigenvalue weighted by Gasteiger charge is 2.22. The number of nitrogens with zero attached hydrogens (tertiary/aromatic N) is 1. The molecule has 20 heavy (non-hydrogen) atoms. The number of ether oxygens (including phenoxy) is 1. The summed E-state index contributed by atoms with van der Waals surface area (Å²) in [5, 5.41) is 0.802. The molecule has 1 unspecified atom stereocenters. The lowest BCUT2D eigenvalue weighted by atomic mass is 10.1. The van der Waals surface area contributed by atoms with Crippen molar-refractivity contribution in [2.45, 2.75) is 26.9 Å². The molecule has 0 N–H and O–H groups in total. The minimum absolute atomic E-state index is 0.210. The van der Waals surface area contributed by atoms with Crippen molar-refractivity contribution in [2.24, 2.45) is 0 Å². The first-order valence-corrected chi connectivity index (χ1v) is 7.05. The number of hydrogen-bond acceptors (Lipinski definition) is 5.